The minimum absolute atomic E-state index is 0.385. The Kier molecular flexibility index (Phi) is 6.53. The summed E-state index contributed by atoms with van der Waals surface area (Å²) >= 11 is 0. The van der Waals surface area contributed by atoms with Gasteiger partial charge in [-0.05, 0) is 56.4 Å². The van der Waals surface area contributed by atoms with Crippen molar-refractivity contribution in [1.29, 1.82) is 0 Å². The van der Waals surface area contributed by atoms with E-state index < -0.39 is 0 Å². The molecule has 2 rings (SSSR count). The fourth-order valence-corrected chi connectivity index (χ4v) is 4.31. The molecule has 0 aromatic heterocycles. The molecule has 122 valence electrons. The first-order valence-electron chi connectivity index (χ1n) is 9.17. The van der Waals surface area contributed by atoms with Crippen LogP contribution in [0.1, 0.15) is 77.6 Å². The molecule has 2 N–H and O–H groups in total. The number of nitrogens with zero attached hydrogens (tertiary/aromatic N) is 1. The molecule has 0 radical (unpaired) electrons. The second-order valence-electron chi connectivity index (χ2n) is 7.33. The van der Waals surface area contributed by atoms with Gasteiger partial charge < -0.3 is 10.6 Å². The number of hydrogen-bond acceptors (Lipinski definition) is 2. The van der Waals surface area contributed by atoms with Crippen molar-refractivity contribution in [2.24, 2.45) is 17.1 Å². The van der Waals surface area contributed by atoms with Gasteiger partial charge in [-0.2, -0.15) is 0 Å². The van der Waals surface area contributed by atoms with Crippen LogP contribution in [0.2, 0.25) is 0 Å². The zero-order valence-electron chi connectivity index (χ0n) is 13.9. The van der Waals surface area contributed by atoms with E-state index in [9.17, 15) is 4.79 Å². The average Bonchev–Trinajstić information content (AvgIpc) is 2.52. The molecule has 1 aliphatic carbocycles. The van der Waals surface area contributed by atoms with Gasteiger partial charge in [-0.15, -0.1) is 0 Å². The summed E-state index contributed by atoms with van der Waals surface area (Å²) in [5, 5.41) is 0. The summed E-state index contributed by atoms with van der Waals surface area (Å²) in [5.41, 5.74) is 6.24. The smallest absolute Gasteiger partial charge is 0.222 e. The van der Waals surface area contributed by atoms with Crippen LogP contribution in [0.25, 0.3) is 0 Å². The van der Waals surface area contributed by atoms with E-state index >= 15 is 0 Å². The second-order valence-corrected chi connectivity index (χ2v) is 7.33. The van der Waals surface area contributed by atoms with Gasteiger partial charge in [0.25, 0.3) is 0 Å². The third kappa shape index (κ3) is 4.70. The number of hydrogen-bond donors (Lipinski definition) is 1. The molecular formula is C18H34N2O. The van der Waals surface area contributed by atoms with Gasteiger partial charge in [0.2, 0.25) is 5.91 Å². The summed E-state index contributed by atoms with van der Waals surface area (Å²) < 4.78 is 0. The van der Waals surface area contributed by atoms with Gasteiger partial charge in [0.15, 0.2) is 0 Å². The minimum atomic E-state index is 0.385. The predicted octanol–water partition coefficient (Wildman–Crippen LogP) is 3.71. The fraction of sp³-hybridized carbons (Fsp3) is 0.944. The van der Waals surface area contributed by atoms with Crippen LogP contribution < -0.4 is 5.73 Å². The van der Waals surface area contributed by atoms with Gasteiger partial charge in [0.1, 0.15) is 0 Å². The highest BCUT2D eigenvalue weighted by molar-refractivity contribution is 5.76. The first-order chi connectivity index (χ1) is 10.2. The maximum atomic E-state index is 12.4. The number of carbonyl (C=O) groups is 1. The van der Waals surface area contributed by atoms with E-state index in [1.54, 1.807) is 0 Å². The molecule has 1 atom stereocenters. The fourth-order valence-electron chi connectivity index (χ4n) is 4.31. The minimum Gasteiger partial charge on any atom is -0.343 e. The van der Waals surface area contributed by atoms with Crippen LogP contribution in [-0.4, -0.2) is 30.4 Å². The highest BCUT2D eigenvalue weighted by Gasteiger charge is 2.36. The van der Waals surface area contributed by atoms with Gasteiger partial charge >= 0.3 is 0 Å². The number of amides is 1. The Morgan fingerprint density at radius 1 is 1.10 bits per heavy atom. The van der Waals surface area contributed by atoms with Crippen LogP contribution in [0.15, 0.2) is 0 Å². The SMILES string of the molecule is CCC(CCN)CCC(=O)N1CCC2(CCCCC2)CC1. The van der Waals surface area contributed by atoms with Crippen LogP contribution in [0.4, 0.5) is 0 Å². The third-order valence-electron chi connectivity index (χ3n) is 6.01. The van der Waals surface area contributed by atoms with E-state index in [-0.39, 0.29) is 0 Å². The van der Waals surface area contributed by atoms with Gasteiger partial charge in [-0.1, -0.05) is 32.6 Å². The molecule has 1 heterocycles. The van der Waals surface area contributed by atoms with Gasteiger partial charge in [0, 0.05) is 19.5 Å². The van der Waals surface area contributed by atoms with E-state index in [1.807, 2.05) is 0 Å². The first kappa shape index (κ1) is 16.8. The van der Waals surface area contributed by atoms with E-state index in [2.05, 4.69) is 11.8 Å². The summed E-state index contributed by atoms with van der Waals surface area (Å²) in [4.78, 5) is 14.5. The van der Waals surface area contributed by atoms with Gasteiger partial charge in [-0.25, -0.2) is 0 Å². The van der Waals surface area contributed by atoms with Crippen molar-refractivity contribution >= 4 is 5.91 Å². The average molecular weight is 294 g/mol. The van der Waals surface area contributed by atoms with Crippen LogP contribution in [0.3, 0.4) is 0 Å². The monoisotopic (exact) mass is 294 g/mol. The summed E-state index contributed by atoms with van der Waals surface area (Å²) in [5.74, 6) is 1.02. The molecule has 1 saturated heterocycles. The lowest BCUT2D eigenvalue weighted by Gasteiger charge is -2.44. The quantitative estimate of drug-likeness (QED) is 0.811. The highest BCUT2D eigenvalue weighted by atomic mass is 16.2. The number of carbonyl (C=O) groups excluding carboxylic acids is 1. The molecule has 3 heteroatoms. The molecular weight excluding hydrogens is 260 g/mol. The summed E-state index contributed by atoms with van der Waals surface area (Å²) in [7, 11) is 0. The molecule has 1 amide bonds. The number of rotatable bonds is 6. The van der Waals surface area contributed by atoms with Crippen molar-refractivity contribution in [1.82, 2.24) is 4.90 Å². The number of nitrogens with two attached hydrogens (primary N) is 1. The Labute approximate surface area is 130 Å². The standard InChI is InChI=1S/C18H34N2O/c1-2-16(8-13-19)6-7-17(21)20-14-11-18(12-15-20)9-4-3-5-10-18/h16H,2-15,19H2,1H3. The zero-order chi connectivity index (χ0) is 15.1. The Morgan fingerprint density at radius 3 is 2.33 bits per heavy atom. The van der Waals surface area contributed by atoms with Crippen LogP contribution in [0, 0.1) is 11.3 Å². The second kappa shape index (κ2) is 8.17. The lowest BCUT2D eigenvalue weighted by atomic mass is 9.68. The van der Waals surface area contributed by atoms with E-state index in [4.69, 9.17) is 5.73 Å². The molecule has 0 bridgehead atoms. The Balaban J connectivity index is 1.72. The topological polar surface area (TPSA) is 46.3 Å². The molecule has 0 aromatic rings. The van der Waals surface area contributed by atoms with Crippen molar-refractivity contribution in [2.45, 2.75) is 77.6 Å². The van der Waals surface area contributed by atoms with Gasteiger partial charge in [0.05, 0.1) is 0 Å². The van der Waals surface area contributed by atoms with E-state index in [0.29, 0.717) is 17.2 Å². The molecule has 3 nitrogen and oxygen atoms in total. The Hall–Kier alpha value is -0.570. The molecule has 1 unspecified atom stereocenters. The molecule has 21 heavy (non-hydrogen) atoms. The van der Waals surface area contributed by atoms with Crippen LogP contribution >= 0.6 is 0 Å². The number of likely N-dealkylation sites (tertiary alicyclic amines) is 1. The lowest BCUT2D eigenvalue weighted by molar-refractivity contribution is -0.134. The van der Waals surface area contributed by atoms with Crippen molar-refractivity contribution in [3.63, 3.8) is 0 Å². The maximum absolute atomic E-state index is 12.4. The molecule has 2 fully saturated rings. The number of piperidine rings is 1. The highest BCUT2D eigenvalue weighted by Crippen LogP contribution is 2.44. The summed E-state index contributed by atoms with van der Waals surface area (Å²) in [6.07, 6.45) is 13.5. The van der Waals surface area contributed by atoms with Crippen molar-refractivity contribution < 1.29 is 4.79 Å². The van der Waals surface area contributed by atoms with Crippen LogP contribution in [0.5, 0.6) is 0 Å². The molecule has 1 spiro atoms. The normalized spacial score (nSPS) is 23.2. The van der Waals surface area contributed by atoms with E-state index in [1.165, 1.54) is 44.9 Å². The Bertz CT molecular complexity index is 313. The maximum Gasteiger partial charge on any atom is 0.222 e. The van der Waals surface area contributed by atoms with Gasteiger partial charge in [-0.3, -0.25) is 4.79 Å². The molecule has 0 aromatic carbocycles. The van der Waals surface area contributed by atoms with Crippen molar-refractivity contribution in [3.8, 4) is 0 Å². The predicted molar refractivity (Wildman–Crippen MR) is 88.0 cm³/mol. The molecule has 2 aliphatic rings. The molecule has 1 aliphatic heterocycles. The van der Waals surface area contributed by atoms with Crippen molar-refractivity contribution in [2.75, 3.05) is 19.6 Å². The first-order valence-corrected chi connectivity index (χ1v) is 9.17. The Morgan fingerprint density at radius 2 is 1.76 bits per heavy atom. The lowest BCUT2D eigenvalue weighted by Crippen LogP contribution is -2.43. The third-order valence-corrected chi connectivity index (χ3v) is 6.01. The van der Waals surface area contributed by atoms with E-state index in [0.717, 1.165) is 45.3 Å². The summed E-state index contributed by atoms with van der Waals surface area (Å²) in [6.45, 7) is 4.97. The summed E-state index contributed by atoms with van der Waals surface area (Å²) in [6, 6.07) is 0. The van der Waals surface area contributed by atoms with Crippen LogP contribution in [-0.2, 0) is 4.79 Å². The molecule has 1 saturated carbocycles. The largest absolute Gasteiger partial charge is 0.343 e. The zero-order valence-corrected chi connectivity index (χ0v) is 13.9. The van der Waals surface area contributed by atoms with Crippen molar-refractivity contribution in [3.05, 3.63) is 0 Å².